The zero-order valence-corrected chi connectivity index (χ0v) is 14.6. The number of aliphatic imine (C=N–C) groups is 1. The molecule has 0 bridgehead atoms. The Bertz CT molecular complexity index is 467. The summed E-state index contributed by atoms with van der Waals surface area (Å²) in [6.45, 7) is 8.01. The molecule has 0 unspecified atom stereocenters. The number of anilines is 1. The summed E-state index contributed by atoms with van der Waals surface area (Å²) in [5.41, 5.74) is 1.07. The molecule has 6 heteroatoms. The van der Waals surface area contributed by atoms with Crippen LogP contribution in [0.4, 0.5) is 10.1 Å². The summed E-state index contributed by atoms with van der Waals surface area (Å²) in [6.07, 6.45) is 1.82. The Morgan fingerprint density at radius 3 is 2.43 bits per heavy atom. The highest BCUT2D eigenvalue weighted by molar-refractivity contribution is 14.0. The Morgan fingerprint density at radius 2 is 1.90 bits per heavy atom. The lowest BCUT2D eigenvalue weighted by atomic mass is 10.2. The standard InChI is InChI=1S/C15H21FN4.HI/c1-3-8-18-15(17-2)20-11-9-19(10-12-20)14-6-4-13(16)5-7-14;/h3-7H,1,8-12H2,2H3,(H,17,18);1H. The molecule has 0 aromatic heterocycles. The molecule has 0 amide bonds. The van der Waals surface area contributed by atoms with Gasteiger partial charge in [0.05, 0.1) is 0 Å². The summed E-state index contributed by atoms with van der Waals surface area (Å²) in [5, 5.41) is 3.24. The second kappa shape index (κ2) is 8.86. The number of hydrogen-bond donors (Lipinski definition) is 1. The third-order valence-electron chi connectivity index (χ3n) is 3.39. The summed E-state index contributed by atoms with van der Waals surface area (Å²) in [7, 11) is 1.79. The second-order valence-corrected chi connectivity index (χ2v) is 4.67. The lowest BCUT2D eigenvalue weighted by molar-refractivity contribution is 0.374. The maximum atomic E-state index is 12.9. The van der Waals surface area contributed by atoms with Crippen molar-refractivity contribution < 1.29 is 4.39 Å². The van der Waals surface area contributed by atoms with Crippen molar-refractivity contribution in [1.29, 1.82) is 0 Å². The molecule has 2 rings (SSSR count). The van der Waals surface area contributed by atoms with Gasteiger partial charge in [0.2, 0.25) is 0 Å². The van der Waals surface area contributed by atoms with Gasteiger partial charge in [0.1, 0.15) is 5.82 Å². The lowest BCUT2D eigenvalue weighted by Gasteiger charge is -2.37. The van der Waals surface area contributed by atoms with E-state index in [2.05, 4.69) is 26.7 Å². The van der Waals surface area contributed by atoms with Crippen molar-refractivity contribution in [2.24, 2.45) is 4.99 Å². The summed E-state index contributed by atoms with van der Waals surface area (Å²) in [6, 6.07) is 6.67. The molecule has 0 radical (unpaired) electrons. The Labute approximate surface area is 142 Å². The van der Waals surface area contributed by atoms with Gasteiger partial charge in [-0.25, -0.2) is 4.39 Å². The van der Waals surface area contributed by atoms with Crippen LogP contribution in [-0.4, -0.2) is 50.6 Å². The molecule has 1 saturated heterocycles. The van der Waals surface area contributed by atoms with E-state index in [1.54, 1.807) is 7.05 Å². The highest BCUT2D eigenvalue weighted by Gasteiger charge is 2.19. The van der Waals surface area contributed by atoms with Crippen LogP contribution in [0.2, 0.25) is 0 Å². The molecule has 1 aliphatic rings. The molecule has 1 heterocycles. The first kappa shape index (κ1) is 17.7. The molecule has 1 aromatic rings. The van der Waals surface area contributed by atoms with E-state index in [1.165, 1.54) is 12.1 Å². The number of benzene rings is 1. The largest absolute Gasteiger partial charge is 0.368 e. The van der Waals surface area contributed by atoms with Crippen LogP contribution in [0.1, 0.15) is 0 Å². The van der Waals surface area contributed by atoms with Crippen LogP contribution < -0.4 is 10.2 Å². The fourth-order valence-corrected chi connectivity index (χ4v) is 2.32. The van der Waals surface area contributed by atoms with Crippen molar-refractivity contribution in [3.05, 3.63) is 42.7 Å². The first-order chi connectivity index (χ1) is 9.74. The van der Waals surface area contributed by atoms with Gasteiger partial charge >= 0.3 is 0 Å². The summed E-state index contributed by atoms with van der Waals surface area (Å²) in [5.74, 6) is 0.713. The summed E-state index contributed by atoms with van der Waals surface area (Å²) in [4.78, 5) is 8.76. The van der Waals surface area contributed by atoms with Gasteiger partial charge in [0.25, 0.3) is 0 Å². The van der Waals surface area contributed by atoms with Crippen LogP contribution in [0.5, 0.6) is 0 Å². The average Bonchev–Trinajstić information content (AvgIpc) is 2.49. The predicted molar refractivity (Wildman–Crippen MR) is 97.2 cm³/mol. The molecule has 0 saturated carbocycles. The van der Waals surface area contributed by atoms with Crippen molar-refractivity contribution in [1.82, 2.24) is 10.2 Å². The van der Waals surface area contributed by atoms with E-state index in [9.17, 15) is 4.39 Å². The molecule has 1 aromatic carbocycles. The van der Waals surface area contributed by atoms with Crippen LogP contribution in [-0.2, 0) is 0 Å². The van der Waals surface area contributed by atoms with Crippen LogP contribution in [0, 0.1) is 5.82 Å². The smallest absolute Gasteiger partial charge is 0.194 e. The normalized spacial score (nSPS) is 15.4. The third-order valence-corrected chi connectivity index (χ3v) is 3.39. The van der Waals surface area contributed by atoms with Crippen molar-refractivity contribution in [2.45, 2.75) is 0 Å². The van der Waals surface area contributed by atoms with E-state index in [-0.39, 0.29) is 29.8 Å². The Balaban J connectivity index is 0.00000220. The molecule has 0 aliphatic carbocycles. The quantitative estimate of drug-likeness (QED) is 0.363. The van der Waals surface area contributed by atoms with Gasteiger partial charge in [-0.15, -0.1) is 30.6 Å². The second-order valence-electron chi connectivity index (χ2n) is 4.67. The maximum Gasteiger partial charge on any atom is 0.194 e. The van der Waals surface area contributed by atoms with Crippen LogP contribution in [0.15, 0.2) is 41.9 Å². The number of nitrogens with one attached hydrogen (secondary N) is 1. The van der Waals surface area contributed by atoms with Gasteiger partial charge in [-0.2, -0.15) is 0 Å². The zero-order chi connectivity index (χ0) is 14.4. The Hall–Kier alpha value is -1.31. The molecule has 116 valence electrons. The minimum absolute atomic E-state index is 0. The van der Waals surface area contributed by atoms with Gasteiger partial charge in [0.15, 0.2) is 5.96 Å². The van der Waals surface area contributed by atoms with E-state index in [1.807, 2.05) is 18.2 Å². The van der Waals surface area contributed by atoms with Crippen LogP contribution >= 0.6 is 24.0 Å². The SMILES string of the molecule is C=CCNC(=NC)N1CCN(c2ccc(F)cc2)CC1.I. The van der Waals surface area contributed by atoms with Crippen LogP contribution in [0.3, 0.4) is 0 Å². The number of hydrogen-bond acceptors (Lipinski definition) is 2. The average molecular weight is 404 g/mol. The topological polar surface area (TPSA) is 30.9 Å². The van der Waals surface area contributed by atoms with Gasteiger partial charge < -0.3 is 15.1 Å². The number of rotatable bonds is 3. The Morgan fingerprint density at radius 1 is 1.29 bits per heavy atom. The Kier molecular flexibility index (Phi) is 7.49. The fraction of sp³-hybridized carbons (Fsp3) is 0.400. The molecular weight excluding hydrogens is 382 g/mol. The molecule has 1 N–H and O–H groups in total. The van der Waals surface area contributed by atoms with Gasteiger partial charge in [0, 0.05) is 45.5 Å². The van der Waals surface area contributed by atoms with Crippen LogP contribution in [0.25, 0.3) is 0 Å². The van der Waals surface area contributed by atoms with Crippen molar-refractivity contribution >= 4 is 35.6 Å². The monoisotopic (exact) mass is 404 g/mol. The van der Waals surface area contributed by atoms with E-state index < -0.39 is 0 Å². The fourth-order valence-electron chi connectivity index (χ4n) is 2.32. The number of piperazine rings is 1. The first-order valence-corrected chi connectivity index (χ1v) is 6.81. The molecule has 21 heavy (non-hydrogen) atoms. The molecule has 0 spiro atoms. The minimum Gasteiger partial charge on any atom is -0.368 e. The van der Waals surface area contributed by atoms with E-state index in [0.29, 0.717) is 6.54 Å². The molecule has 1 fully saturated rings. The lowest BCUT2D eigenvalue weighted by Crippen LogP contribution is -2.52. The zero-order valence-electron chi connectivity index (χ0n) is 12.3. The van der Waals surface area contributed by atoms with E-state index >= 15 is 0 Å². The van der Waals surface area contributed by atoms with Gasteiger partial charge in [-0.05, 0) is 24.3 Å². The molecule has 1 aliphatic heterocycles. The highest BCUT2D eigenvalue weighted by atomic mass is 127. The summed E-state index contributed by atoms with van der Waals surface area (Å²) < 4.78 is 12.9. The number of nitrogens with zero attached hydrogens (tertiary/aromatic N) is 3. The number of guanidine groups is 1. The molecular formula is C15H22FIN4. The van der Waals surface area contributed by atoms with Gasteiger partial charge in [-0.1, -0.05) is 6.08 Å². The number of halogens is 2. The van der Waals surface area contributed by atoms with Crippen molar-refractivity contribution in [3.8, 4) is 0 Å². The van der Waals surface area contributed by atoms with Crippen molar-refractivity contribution in [3.63, 3.8) is 0 Å². The molecule has 0 atom stereocenters. The maximum absolute atomic E-state index is 12.9. The summed E-state index contributed by atoms with van der Waals surface area (Å²) >= 11 is 0. The van der Waals surface area contributed by atoms with Crippen molar-refractivity contribution in [2.75, 3.05) is 44.7 Å². The highest BCUT2D eigenvalue weighted by Crippen LogP contribution is 2.16. The van der Waals surface area contributed by atoms with E-state index in [0.717, 1.165) is 37.8 Å². The third kappa shape index (κ3) is 4.87. The predicted octanol–water partition coefficient (Wildman–Crippen LogP) is 2.33. The first-order valence-electron chi connectivity index (χ1n) is 6.81. The molecule has 4 nitrogen and oxygen atoms in total. The minimum atomic E-state index is -0.193. The van der Waals surface area contributed by atoms with E-state index in [4.69, 9.17) is 0 Å². The van der Waals surface area contributed by atoms with Gasteiger partial charge in [-0.3, -0.25) is 4.99 Å².